The van der Waals surface area contributed by atoms with E-state index < -0.39 is 6.04 Å². The third-order valence-corrected chi connectivity index (χ3v) is 8.41. The van der Waals surface area contributed by atoms with Crippen molar-refractivity contribution >= 4 is 61.7 Å². The highest BCUT2D eigenvalue weighted by atomic mass is 79.9. The van der Waals surface area contributed by atoms with Crippen molar-refractivity contribution in [2.45, 2.75) is 64.1 Å². The molecule has 1 unspecified atom stereocenters. The minimum Gasteiger partial charge on any atom is -0.483 e. The summed E-state index contributed by atoms with van der Waals surface area (Å²) in [4.78, 5) is 28.6. The van der Waals surface area contributed by atoms with Crippen molar-refractivity contribution in [3.05, 3.63) is 74.7 Å². The predicted octanol–water partition coefficient (Wildman–Crippen LogP) is 7.54. The number of ether oxygens (including phenoxy) is 1. The Morgan fingerprint density at radius 3 is 2.54 bits per heavy atom. The maximum absolute atomic E-state index is 13.6. The molecule has 1 fully saturated rings. The number of halogens is 3. The SMILES string of the molecule is CCC(C(=O)NC1CCCCC1)N(Cc1ccc(Cl)c(Cl)c1)C(=O)COc1ccc2ccccc2c1Br. The van der Waals surface area contributed by atoms with Crippen molar-refractivity contribution in [1.29, 1.82) is 0 Å². The van der Waals surface area contributed by atoms with Crippen LogP contribution in [0, 0.1) is 0 Å². The number of carbonyl (C=O) groups excluding carboxylic acids is 2. The number of hydrogen-bond acceptors (Lipinski definition) is 3. The van der Waals surface area contributed by atoms with E-state index in [2.05, 4.69) is 21.2 Å². The fourth-order valence-corrected chi connectivity index (χ4v) is 5.77. The lowest BCUT2D eigenvalue weighted by Gasteiger charge is -2.32. The number of fused-ring (bicyclic) bond motifs is 1. The van der Waals surface area contributed by atoms with Crippen molar-refractivity contribution in [3.8, 4) is 5.75 Å². The van der Waals surface area contributed by atoms with Crippen LogP contribution in [0.3, 0.4) is 0 Å². The third-order valence-electron chi connectivity index (χ3n) is 6.85. The van der Waals surface area contributed by atoms with E-state index in [1.807, 2.05) is 49.4 Å². The quantitative estimate of drug-likeness (QED) is 0.274. The summed E-state index contributed by atoms with van der Waals surface area (Å²) in [5.74, 6) is 0.160. The zero-order valence-corrected chi connectivity index (χ0v) is 23.9. The van der Waals surface area contributed by atoms with Crippen molar-refractivity contribution in [3.63, 3.8) is 0 Å². The van der Waals surface area contributed by atoms with Gasteiger partial charge in [0.1, 0.15) is 11.8 Å². The molecule has 0 bridgehead atoms. The number of nitrogens with one attached hydrogen (secondary N) is 1. The molecule has 0 aliphatic heterocycles. The molecule has 5 nitrogen and oxygen atoms in total. The van der Waals surface area contributed by atoms with Crippen molar-refractivity contribution in [1.82, 2.24) is 10.2 Å². The van der Waals surface area contributed by atoms with Gasteiger partial charge in [-0.25, -0.2) is 0 Å². The average Bonchev–Trinajstić information content (AvgIpc) is 2.90. The highest BCUT2D eigenvalue weighted by molar-refractivity contribution is 9.10. The molecule has 0 radical (unpaired) electrons. The van der Waals surface area contributed by atoms with Gasteiger partial charge in [0.05, 0.1) is 14.5 Å². The van der Waals surface area contributed by atoms with Crippen LogP contribution in [0.1, 0.15) is 51.0 Å². The normalized spacial score (nSPS) is 14.8. The average molecular weight is 606 g/mol. The van der Waals surface area contributed by atoms with Crippen LogP contribution in [-0.4, -0.2) is 35.4 Å². The van der Waals surface area contributed by atoms with Gasteiger partial charge in [0.2, 0.25) is 5.91 Å². The first-order chi connectivity index (χ1) is 17.9. The van der Waals surface area contributed by atoms with Gasteiger partial charge in [0, 0.05) is 12.6 Å². The third kappa shape index (κ3) is 6.98. The summed E-state index contributed by atoms with van der Waals surface area (Å²) in [6.45, 7) is 1.93. The van der Waals surface area contributed by atoms with E-state index in [4.69, 9.17) is 27.9 Å². The van der Waals surface area contributed by atoms with E-state index in [1.165, 1.54) is 6.42 Å². The second-order valence-electron chi connectivity index (χ2n) is 9.43. The topological polar surface area (TPSA) is 58.6 Å². The summed E-state index contributed by atoms with van der Waals surface area (Å²) in [5.41, 5.74) is 0.790. The Balaban J connectivity index is 1.54. The molecule has 0 aromatic heterocycles. The molecule has 37 heavy (non-hydrogen) atoms. The van der Waals surface area contributed by atoms with Crippen LogP contribution in [0.5, 0.6) is 5.75 Å². The van der Waals surface area contributed by atoms with Gasteiger partial charge in [-0.1, -0.05) is 85.8 Å². The van der Waals surface area contributed by atoms with E-state index in [0.717, 1.165) is 46.5 Å². The Morgan fingerprint density at radius 1 is 1.05 bits per heavy atom. The molecular formula is C29H31BrCl2N2O3. The Labute approximate surface area is 236 Å². The summed E-state index contributed by atoms with van der Waals surface area (Å²) in [6.07, 6.45) is 5.85. The lowest BCUT2D eigenvalue weighted by atomic mass is 9.95. The summed E-state index contributed by atoms with van der Waals surface area (Å²) in [5, 5.41) is 6.10. The van der Waals surface area contributed by atoms with Gasteiger partial charge in [0.25, 0.3) is 5.91 Å². The molecular weight excluding hydrogens is 575 g/mol. The second kappa shape index (κ2) is 13.0. The van der Waals surface area contributed by atoms with Crippen LogP contribution in [-0.2, 0) is 16.1 Å². The molecule has 1 aliphatic carbocycles. The Hall–Kier alpha value is -2.28. The first-order valence-electron chi connectivity index (χ1n) is 12.7. The van der Waals surface area contributed by atoms with Gasteiger partial charge in [0.15, 0.2) is 6.61 Å². The molecule has 3 aromatic carbocycles. The fraction of sp³-hybridized carbons (Fsp3) is 0.379. The van der Waals surface area contributed by atoms with Crippen LogP contribution in [0.25, 0.3) is 10.8 Å². The van der Waals surface area contributed by atoms with E-state index in [9.17, 15) is 9.59 Å². The number of rotatable bonds is 9. The first kappa shape index (κ1) is 27.7. The van der Waals surface area contributed by atoms with Crippen molar-refractivity contribution < 1.29 is 14.3 Å². The van der Waals surface area contributed by atoms with Gasteiger partial charge in [-0.2, -0.15) is 0 Å². The maximum atomic E-state index is 13.6. The Morgan fingerprint density at radius 2 is 1.81 bits per heavy atom. The first-order valence-corrected chi connectivity index (χ1v) is 14.3. The van der Waals surface area contributed by atoms with Crippen LogP contribution < -0.4 is 10.1 Å². The monoisotopic (exact) mass is 604 g/mol. The number of carbonyl (C=O) groups is 2. The molecule has 3 aromatic rings. The molecule has 1 saturated carbocycles. The summed E-state index contributed by atoms with van der Waals surface area (Å²) >= 11 is 16.0. The van der Waals surface area contributed by atoms with E-state index in [0.29, 0.717) is 22.2 Å². The molecule has 8 heteroatoms. The standard InChI is InChI=1S/C29H31BrCl2N2O3/c1-2-25(29(36)33-21-9-4-3-5-10-21)34(17-19-12-14-23(31)24(32)16-19)27(35)18-37-26-15-13-20-8-6-7-11-22(20)28(26)30/h6-8,11-16,21,25H,2-5,9-10,17-18H2,1H3,(H,33,36). The molecule has 0 heterocycles. The largest absolute Gasteiger partial charge is 0.483 e. The number of hydrogen-bond donors (Lipinski definition) is 1. The van der Waals surface area contributed by atoms with Gasteiger partial charge in [-0.15, -0.1) is 0 Å². The predicted molar refractivity (Wildman–Crippen MR) is 153 cm³/mol. The molecule has 1 aliphatic rings. The molecule has 0 spiro atoms. The minimum atomic E-state index is -0.632. The highest BCUT2D eigenvalue weighted by Gasteiger charge is 2.31. The van der Waals surface area contributed by atoms with E-state index in [-0.39, 0.29) is 31.0 Å². The molecule has 1 N–H and O–H groups in total. The Bertz CT molecular complexity index is 1260. The highest BCUT2D eigenvalue weighted by Crippen LogP contribution is 2.33. The van der Waals surface area contributed by atoms with Gasteiger partial charge in [-0.05, 0) is 69.7 Å². The van der Waals surface area contributed by atoms with Gasteiger partial charge in [-0.3, -0.25) is 9.59 Å². The molecule has 0 saturated heterocycles. The maximum Gasteiger partial charge on any atom is 0.261 e. The summed E-state index contributed by atoms with van der Waals surface area (Å²) in [6, 6.07) is 16.5. The zero-order valence-electron chi connectivity index (χ0n) is 20.8. The van der Waals surface area contributed by atoms with Gasteiger partial charge < -0.3 is 15.0 Å². The van der Waals surface area contributed by atoms with Crippen molar-refractivity contribution in [2.75, 3.05) is 6.61 Å². The van der Waals surface area contributed by atoms with E-state index >= 15 is 0 Å². The van der Waals surface area contributed by atoms with Crippen LogP contribution in [0.4, 0.5) is 0 Å². The smallest absolute Gasteiger partial charge is 0.261 e. The zero-order chi connectivity index (χ0) is 26.4. The number of benzene rings is 3. The number of nitrogens with zero attached hydrogens (tertiary/aromatic N) is 1. The fourth-order valence-electron chi connectivity index (χ4n) is 4.85. The van der Waals surface area contributed by atoms with Gasteiger partial charge >= 0.3 is 0 Å². The van der Waals surface area contributed by atoms with Crippen LogP contribution in [0.2, 0.25) is 10.0 Å². The molecule has 2 amide bonds. The molecule has 4 rings (SSSR count). The minimum absolute atomic E-state index is 0.130. The summed E-state index contributed by atoms with van der Waals surface area (Å²) in [7, 11) is 0. The van der Waals surface area contributed by atoms with Crippen molar-refractivity contribution in [2.24, 2.45) is 0 Å². The van der Waals surface area contributed by atoms with E-state index in [1.54, 1.807) is 17.0 Å². The lowest BCUT2D eigenvalue weighted by Crippen LogP contribution is -2.52. The molecule has 1 atom stereocenters. The summed E-state index contributed by atoms with van der Waals surface area (Å²) < 4.78 is 6.76. The second-order valence-corrected chi connectivity index (χ2v) is 11.0. The number of amides is 2. The molecule has 196 valence electrons. The Kier molecular flexibility index (Phi) is 9.74. The lowest BCUT2D eigenvalue weighted by molar-refractivity contribution is -0.143. The van der Waals surface area contributed by atoms with Crippen LogP contribution in [0.15, 0.2) is 59.1 Å². The van der Waals surface area contributed by atoms with Crippen LogP contribution >= 0.6 is 39.1 Å².